The summed E-state index contributed by atoms with van der Waals surface area (Å²) in [6, 6.07) is 21.7. The summed E-state index contributed by atoms with van der Waals surface area (Å²) in [5.74, 6) is 2.34. The molecule has 0 amide bonds. The molecule has 3 aromatic carbocycles. The minimum Gasteiger partial charge on any atom is -0.490 e. The molecule has 0 bridgehead atoms. The lowest BCUT2D eigenvalue weighted by atomic mass is 10.1. The molecule has 178 valence electrons. The van der Waals surface area contributed by atoms with Crippen LogP contribution in [-0.2, 0) is 6.42 Å². The molecule has 0 spiro atoms. The first-order valence-corrected chi connectivity index (χ1v) is 12.1. The van der Waals surface area contributed by atoms with E-state index in [1.807, 2.05) is 74.5 Å². The summed E-state index contributed by atoms with van der Waals surface area (Å²) in [6.07, 6.45) is 0.801. The van der Waals surface area contributed by atoms with Crippen LogP contribution in [0.15, 0.2) is 66.7 Å². The third-order valence-corrected chi connectivity index (χ3v) is 5.94. The Balaban J connectivity index is 1.44. The summed E-state index contributed by atoms with van der Waals surface area (Å²) in [5, 5.41) is 14.0. The topological polar surface area (TPSA) is 73.6 Å². The van der Waals surface area contributed by atoms with E-state index in [2.05, 4.69) is 21.7 Å². The fourth-order valence-corrected chi connectivity index (χ4v) is 4.20. The second kappa shape index (κ2) is 10.2. The molecule has 2 heterocycles. The lowest BCUT2D eigenvalue weighted by Crippen LogP contribution is -2.09. The smallest absolute Gasteiger partial charge is 0.186 e. The van der Waals surface area contributed by atoms with E-state index in [1.54, 1.807) is 4.52 Å². The van der Waals surface area contributed by atoms with Gasteiger partial charge in [-0.3, -0.25) is 0 Å². The molecule has 5 aromatic rings. The van der Waals surface area contributed by atoms with Crippen LogP contribution in [0.1, 0.15) is 19.4 Å². The average Bonchev–Trinajstić information content (AvgIpc) is 3.30. The zero-order valence-corrected chi connectivity index (χ0v) is 20.4. The van der Waals surface area contributed by atoms with Crippen molar-refractivity contribution in [2.24, 2.45) is 0 Å². The minimum absolute atomic E-state index is 0.590. The van der Waals surface area contributed by atoms with Gasteiger partial charge in [-0.2, -0.15) is 4.52 Å². The third-order valence-electron chi connectivity index (χ3n) is 5.68. The molecule has 0 saturated carbocycles. The number of halogens is 1. The molecule has 0 atom stereocenters. The predicted molar refractivity (Wildman–Crippen MR) is 140 cm³/mol. The van der Waals surface area contributed by atoms with Gasteiger partial charge < -0.3 is 14.8 Å². The van der Waals surface area contributed by atoms with Gasteiger partial charge in [-0.25, -0.2) is 4.98 Å². The average molecular weight is 488 g/mol. The van der Waals surface area contributed by atoms with Gasteiger partial charge in [-0.05, 0) is 62.2 Å². The van der Waals surface area contributed by atoms with E-state index in [0.717, 1.165) is 45.8 Å². The van der Waals surface area contributed by atoms with Crippen molar-refractivity contribution in [3.63, 3.8) is 0 Å². The molecule has 2 aromatic heterocycles. The molecule has 7 nitrogen and oxygen atoms in total. The molecule has 0 aliphatic carbocycles. The normalized spacial score (nSPS) is 11.2. The number of hydrogen-bond acceptors (Lipinski definition) is 6. The monoisotopic (exact) mass is 487 g/mol. The largest absolute Gasteiger partial charge is 0.490 e. The Bertz CT molecular complexity index is 1470. The fourth-order valence-electron chi connectivity index (χ4n) is 4.07. The Morgan fingerprint density at radius 3 is 2.49 bits per heavy atom. The second-order valence-electron chi connectivity index (χ2n) is 7.98. The van der Waals surface area contributed by atoms with Crippen molar-refractivity contribution in [3.05, 3.63) is 77.3 Å². The van der Waals surface area contributed by atoms with Gasteiger partial charge in [0.05, 0.1) is 18.7 Å². The predicted octanol–water partition coefficient (Wildman–Crippen LogP) is 6.05. The van der Waals surface area contributed by atoms with Crippen molar-refractivity contribution in [1.29, 1.82) is 0 Å². The van der Waals surface area contributed by atoms with Gasteiger partial charge in [-0.1, -0.05) is 47.1 Å². The number of nitrogens with zero attached hydrogens (tertiary/aromatic N) is 4. The molecule has 0 aliphatic rings. The SMILES string of the molecule is CCOc1ccc(CCNc2nc3c(-c4ccc(Cl)cc4)nnn3c3ccccc23)cc1OCC. The van der Waals surface area contributed by atoms with Crippen molar-refractivity contribution in [2.75, 3.05) is 25.1 Å². The van der Waals surface area contributed by atoms with Crippen molar-refractivity contribution in [3.8, 4) is 22.8 Å². The Morgan fingerprint density at radius 2 is 1.69 bits per heavy atom. The summed E-state index contributed by atoms with van der Waals surface area (Å²) < 4.78 is 13.2. The maximum Gasteiger partial charge on any atom is 0.186 e. The second-order valence-corrected chi connectivity index (χ2v) is 8.42. The lowest BCUT2D eigenvalue weighted by Gasteiger charge is -2.13. The molecular formula is C27H26ClN5O2. The molecule has 5 rings (SSSR count). The number of para-hydroxylation sites is 1. The van der Waals surface area contributed by atoms with Crippen LogP contribution in [0.2, 0.25) is 5.02 Å². The molecule has 0 fully saturated rings. The third kappa shape index (κ3) is 4.72. The Hall–Kier alpha value is -3.84. The van der Waals surface area contributed by atoms with Gasteiger partial charge in [0, 0.05) is 22.5 Å². The highest BCUT2D eigenvalue weighted by Gasteiger charge is 2.16. The van der Waals surface area contributed by atoms with Gasteiger partial charge in [0.15, 0.2) is 17.1 Å². The van der Waals surface area contributed by atoms with Crippen molar-refractivity contribution in [1.82, 2.24) is 19.8 Å². The summed E-state index contributed by atoms with van der Waals surface area (Å²) >= 11 is 6.07. The quantitative estimate of drug-likeness (QED) is 0.273. The van der Waals surface area contributed by atoms with Crippen LogP contribution in [0.4, 0.5) is 5.82 Å². The number of nitrogens with one attached hydrogen (secondary N) is 1. The van der Waals surface area contributed by atoms with Crippen molar-refractivity contribution >= 4 is 34.0 Å². The molecule has 0 aliphatic heterocycles. The van der Waals surface area contributed by atoms with Gasteiger partial charge in [0.1, 0.15) is 11.5 Å². The fraction of sp³-hybridized carbons (Fsp3) is 0.222. The van der Waals surface area contributed by atoms with Crippen LogP contribution in [-0.4, -0.2) is 39.6 Å². The van der Waals surface area contributed by atoms with Crippen LogP contribution in [0.5, 0.6) is 11.5 Å². The van der Waals surface area contributed by atoms with E-state index in [1.165, 1.54) is 0 Å². The summed E-state index contributed by atoms with van der Waals surface area (Å²) in [4.78, 5) is 4.93. The van der Waals surface area contributed by atoms with E-state index in [0.29, 0.717) is 36.1 Å². The molecule has 35 heavy (non-hydrogen) atoms. The molecule has 0 radical (unpaired) electrons. The zero-order chi connectivity index (χ0) is 24.2. The zero-order valence-electron chi connectivity index (χ0n) is 19.7. The highest BCUT2D eigenvalue weighted by molar-refractivity contribution is 6.30. The van der Waals surface area contributed by atoms with E-state index in [9.17, 15) is 0 Å². The van der Waals surface area contributed by atoms with Crippen LogP contribution < -0.4 is 14.8 Å². The van der Waals surface area contributed by atoms with E-state index in [4.69, 9.17) is 26.1 Å². The van der Waals surface area contributed by atoms with Crippen LogP contribution >= 0.6 is 11.6 Å². The molecule has 0 unspecified atom stereocenters. The van der Waals surface area contributed by atoms with Gasteiger partial charge >= 0.3 is 0 Å². The van der Waals surface area contributed by atoms with E-state index in [-0.39, 0.29) is 0 Å². The van der Waals surface area contributed by atoms with E-state index < -0.39 is 0 Å². The van der Waals surface area contributed by atoms with Crippen LogP contribution in [0.3, 0.4) is 0 Å². The lowest BCUT2D eigenvalue weighted by molar-refractivity contribution is 0.287. The number of aromatic nitrogens is 4. The first kappa shape index (κ1) is 22.9. The number of ether oxygens (including phenoxy) is 2. The summed E-state index contributed by atoms with van der Waals surface area (Å²) in [7, 11) is 0. The summed E-state index contributed by atoms with van der Waals surface area (Å²) in [5.41, 5.74) is 4.41. The van der Waals surface area contributed by atoms with Crippen LogP contribution in [0.25, 0.3) is 27.8 Å². The van der Waals surface area contributed by atoms with E-state index >= 15 is 0 Å². The Morgan fingerprint density at radius 1 is 0.914 bits per heavy atom. The molecule has 1 N–H and O–H groups in total. The number of anilines is 1. The maximum atomic E-state index is 6.07. The molecule has 8 heteroatoms. The highest BCUT2D eigenvalue weighted by atomic mass is 35.5. The first-order chi connectivity index (χ1) is 17.2. The van der Waals surface area contributed by atoms with Crippen molar-refractivity contribution < 1.29 is 9.47 Å². The number of hydrogen-bond donors (Lipinski definition) is 1. The Kier molecular flexibility index (Phi) is 6.68. The maximum absolute atomic E-state index is 6.07. The van der Waals surface area contributed by atoms with Crippen molar-refractivity contribution in [2.45, 2.75) is 20.3 Å². The van der Waals surface area contributed by atoms with Crippen LogP contribution in [0, 0.1) is 0 Å². The standard InChI is InChI=1S/C27H26ClN5O2/c1-3-34-23-14-9-18(17-24(23)35-4-2)15-16-29-26-21-7-5-6-8-22(21)33-27(30-26)25(31-32-33)19-10-12-20(28)13-11-19/h5-14,17H,3-4,15-16H2,1-2H3,(H,29,30). The minimum atomic E-state index is 0.590. The highest BCUT2D eigenvalue weighted by Crippen LogP contribution is 2.30. The first-order valence-electron chi connectivity index (χ1n) is 11.7. The van der Waals surface area contributed by atoms with Gasteiger partial charge in [-0.15, -0.1) is 5.10 Å². The molecule has 0 saturated heterocycles. The molecular weight excluding hydrogens is 462 g/mol. The number of benzene rings is 3. The Labute approximate surface area is 208 Å². The number of rotatable bonds is 9. The summed E-state index contributed by atoms with van der Waals surface area (Å²) in [6.45, 7) is 5.83. The van der Waals surface area contributed by atoms with Gasteiger partial charge in [0.25, 0.3) is 0 Å². The van der Waals surface area contributed by atoms with Gasteiger partial charge in [0.2, 0.25) is 0 Å². The number of fused-ring (bicyclic) bond motifs is 3.